The fourth-order valence-corrected chi connectivity index (χ4v) is 10.1. The summed E-state index contributed by atoms with van der Waals surface area (Å²) in [5.74, 6) is -0.906. The maximum Gasteiger partial charge on any atom is 0.335 e. The monoisotopic (exact) mass is 587 g/mol. The van der Waals surface area contributed by atoms with Crippen LogP contribution in [-0.4, -0.2) is 39.6 Å². The van der Waals surface area contributed by atoms with Gasteiger partial charge in [-0.2, -0.15) is 0 Å². The van der Waals surface area contributed by atoms with Crippen LogP contribution in [0.15, 0.2) is 58.1 Å². The number of ketones is 1. The van der Waals surface area contributed by atoms with Gasteiger partial charge < -0.3 is 30.7 Å². The predicted molar refractivity (Wildman–Crippen MR) is 160 cm³/mol. The minimum atomic E-state index is -1.20. The molecule has 0 amide bonds. The number of nitrogens with two attached hydrogens (primary N) is 2. The maximum absolute atomic E-state index is 14.3. The second-order valence-electron chi connectivity index (χ2n) is 14.0. The number of ether oxygens (including phenoxy) is 1. The molecule has 2 aromatic heterocycles. The normalized spacial score (nSPS) is 39.5. The molecule has 9 nitrogen and oxygen atoms in total. The van der Waals surface area contributed by atoms with E-state index in [9.17, 15) is 19.5 Å². The molecule has 4 fully saturated rings. The van der Waals surface area contributed by atoms with Gasteiger partial charge in [0, 0.05) is 34.6 Å². The van der Waals surface area contributed by atoms with Gasteiger partial charge in [-0.3, -0.25) is 4.79 Å². The first-order chi connectivity index (χ1) is 20.5. The zero-order chi connectivity index (χ0) is 30.3. The standard InChI is InChI=1S/C34H41N3O6/c1-32-13-11-20(43-31(40)28(35)22-16-37-25-6-4-3-5-21(22)25)15-19(32)8-9-24-27(32)29(36)30(39)33(2)23(12-14-34(24,33)41)18-7-10-26(38)42-17-18/h3-7,10,16-17,19-20,23-24,27-29,37,41H,8-9,11-15,35-36H2,1-2H3/t19-,20+,23-,24-,27-,28-,29+,32+,33+,34+/m1/s1. The third kappa shape index (κ3) is 3.97. The Bertz CT molecular complexity index is 1630. The number of para-hydroxylation sites is 1. The van der Waals surface area contributed by atoms with E-state index in [4.69, 9.17) is 20.6 Å². The van der Waals surface area contributed by atoms with E-state index >= 15 is 0 Å². The first kappa shape index (κ1) is 28.5. The lowest BCUT2D eigenvalue weighted by molar-refractivity contribution is -0.209. The predicted octanol–water partition coefficient (Wildman–Crippen LogP) is 4.09. The zero-order valence-corrected chi connectivity index (χ0v) is 24.8. The number of nitrogens with one attached hydrogen (secondary N) is 1. The van der Waals surface area contributed by atoms with Crippen molar-refractivity contribution in [2.24, 2.45) is 40.1 Å². The molecule has 0 aliphatic heterocycles. The lowest BCUT2D eigenvalue weighted by Gasteiger charge is -2.64. The average molecular weight is 588 g/mol. The molecule has 4 saturated carbocycles. The number of H-pyrrole nitrogens is 1. The SMILES string of the molecule is C[C@]12CC[C@H](OC(=O)[C@H](N)c3c[nH]c4ccccc34)C[C@H]1CC[C@@H]1[C@@H]2[C@H](N)C(=O)[C@]2(C)[C@@H](c3ccc(=O)oc3)CC[C@]12O. The van der Waals surface area contributed by atoms with Crippen LogP contribution in [0.25, 0.3) is 10.9 Å². The van der Waals surface area contributed by atoms with E-state index in [2.05, 4.69) is 11.9 Å². The number of carbonyl (C=O) groups is 2. The molecule has 3 aromatic rings. The zero-order valence-electron chi connectivity index (χ0n) is 24.8. The summed E-state index contributed by atoms with van der Waals surface area (Å²) in [7, 11) is 0. The molecule has 0 bridgehead atoms. The van der Waals surface area contributed by atoms with E-state index in [1.54, 1.807) is 12.3 Å². The molecular formula is C34H41N3O6. The highest BCUT2D eigenvalue weighted by molar-refractivity contribution is 5.93. The molecule has 0 unspecified atom stereocenters. The van der Waals surface area contributed by atoms with Crippen LogP contribution < -0.4 is 17.1 Å². The number of aromatic nitrogens is 1. The smallest absolute Gasteiger partial charge is 0.335 e. The fraction of sp³-hybridized carbons (Fsp3) is 0.559. The van der Waals surface area contributed by atoms with E-state index in [1.807, 2.05) is 31.2 Å². The van der Waals surface area contributed by atoms with E-state index in [0.717, 1.165) is 41.3 Å². The van der Waals surface area contributed by atoms with Gasteiger partial charge in [0.25, 0.3) is 0 Å². The Balaban J connectivity index is 1.10. The van der Waals surface area contributed by atoms with Crippen LogP contribution in [-0.2, 0) is 14.3 Å². The van der Waals surface area contributed by atoms with Crippen molar-refractivity contribution in [3.63, 3.8) is 0 Å². The number of aliphatic hydroxyl groups is 1. The number of Topliss-reactive ketones (excluding diaryl/α,β-unsaturated/α-hetero) is 1. The van der Waals surface area contributed by atoms with Gasteiger partial charge in [0.05, 0.1) is 23.3 Å². The van der Waals surface area contributed by atoms with Crippen LogP contribution in [0.4, 0.5) is 0 Å². The molecule has 4 aliphatic carbocycles. The topological polar surface area (TPSA) is 162 Å². The van der Waals surface area contributed by atoms with Crippen molar-refractivity contribution in [3.8, 4) is 0 Å². The largest absolute Gasteiger partial charge is 0.461 e. The highest BCUT2D eigenvalue weighted by Crippen LogP contribution is 2.69. The van der Waals surface area contributed by atoms with Gasteiger partial charge in [-0.1, -0.05) is 25.1 Å². The van der Waals surface area contributed by atoms with Gasteiger partial charge in [-0.25, -0.2) is 9.59 Å². The third-order valence-corrected chi connectivity index (χ3v) is 12.3. The van der Waals surface area contributed by atoms with Gasteiger partial charge in [0.2, 0.25) is 0 Å². The number of carbonyl (C=O) groups excluding carboxylic acids is 2. The second-order valence-corrected chi connectivity index (χ2v) is 14.0. The molecule has 10 atom stereocenters. The van der Waals surface area contributed by atoms with Crippen molar-refractivity contribution in [2.45, 2.75) is 88.5 Å². The Morgan fingerprint density at radius 3 is 2.65 bits per heavy atom. The summed E-state index contributed by atoms with van der Waals surface area (Å²) < 4.78 is 11.2. The van der Waals surface area contributed by atoms with Crippen LogP contribution >= 0.6 is 0 Å². The van der Waals surface area contributed by atoms with E-state index in [0.29, 0.717) is 25.7 Å². The number of hydrogen-bond acceptors (Lipinski definition) is 8. The first-order valence-corrected chi connectivity index (χ1v) is 15.6. The number of esters is 1. The Morgan fingerprint density at radius 2 is 1.88 bits per heavy atom. The fourth-order valence-electron chi connectivity index (χ4n) is 10.1. The average Bonchev–Trinajstić information content (AvgIpc) is 3.55. The van der Waals surface area contributed by atoms with Crippen molar-refractivity contribution < 1.29 is 23.8 Å². The molecule has 43 heavy (non-hydrogen) atoms. The molecule has 4 aliphatic rings. The van der Waals surface area contributed by atoms with Gasteiger partial charge in [-0.05, 0) is 92.7 Å². The summed E-state index contributed by atoms with van der Waals surface area (Å²) in [4.78, 5) is 42.3. The van der Waals surface area contributed by atoms with Crippen LogP contribution in [0.2, 0.25) is 0 Å². The summed E-state index contributed by atoms with van der Waals surface area (Å²) in [6.45, 7) is 4.09. The number of rotatable bonds is 4. The quantitative estimate of drug-likeness (QED) is 0.332. The van der Waals surface area contributed by atoms with E-state index in [-0.39, 0.29) is 41.0 Å². The Hall–Kier alpha value is -3.27. The minimum absolute atomic E-state index is 0.106. The van der Waals surface area contributed by atoms with Crippen molar-refractivity contribution >= 4 is 22.7 Å². The summed E-state index contributed by atoms with van der Waals surface area (Å²) in [6, 6.07) is 9.22. The van der Waals surface area contributed by atoms with Crippen molar-refractivity contribution in [3.05, 3.63) is 70.4 Å². The molecule has 9 heteroatoms. The lowest BCUT2D eigenvalue weighted by Crippen LogP contribution is -2.72. The first-order valence-electron chi connectivity index (χ1n) is 15.6. The molecule has 0 spiro atoms. The number of benzene rings is 1. The Morgan fingerprint density at radius 1 is 1.09 bits per heavy atom. The minimum Gasteiger partial charge on any atom is -0.461 e. The molecule has 228 valence electrons. The van der Waals surface area contributed by atoms with Gasteiger partial charge in [0.1, 0.15) is 12.1 Å². The number of aromatic amines is 1. The van der Waals surface area contributed by atoms with Crippen LogP contribution in [0.3, 0.4) is 0 Å². The van der Waals surface area contributed by atoms with E-state index < -0.39 is 34.7 Å². The highest BCUT2D eigenvalue weighted by Gasteiger charge is 2.73. The molecular weight excluding hydrogens is 546 g/mol. The van der Waals surface area contributed by atoms with Gasteiger partial charge >= 0.3 is 11.6 Å². The third-order valence-electron chi connectivity index (χ3n) is 12.3. The van der Waals surface area contributed by atoms with Crippen molar-refractivity contribution in [1.82, 2.24) is 4.98 Å². The van der Waals surface area contributed by atoms with Gasteiger partial charge in [0.15, 0.2) is 5.78 Å². The highest BCUT2D eigenvalue weighted by atomic mass is 16.5. The molecule has 1 aromatic carbocycles. The van der Waals surface area contributed by atoms with Gasteiger partial charge in [-0.15, -0.1) is 0 Å². The number of fused-ring (bicyclic) bond motifs is 6. The van der Waals surface area contributed by atoms with Crippen molar-refractivity contribution in [1.29, 1.82) is 0 Å². The number of hydrogen-bond donors (Lipinski definition) is 4. The summed E-state index contributed by atoms with van der Waals surface area (Å²) in [5.41, 5.74) is 12.7. The van der Waals surface area contributed by atoms with Crippen LogP contribution in [0.1, 0.15) is 81.9 Å². The molecule has 6 N–H and O–H groups in total. The van der Waals surface area contributed by atoms with E-state index in [1.165, 1.54) is 12.3 Å². The maximum atomic E-state index is 14.3. The molecule has 0 radical (unpaired) electrons. The van der Waals surface area contributed by atoms with Crippen molar-refractivity contribution in [2.75, 3.05) is 0 Å². The Labute approximate surface area is 250 Å². The molecule has 0 saturated heterocycles. The Kier molecular flexibility index (Phi) is 6.54. The van der Waals surface area contributed by atoms with Crippen LogP contribution in [0.5, 0.6) is 0 Å². The lowest BCUT2D eigenvalue weighted by atomic mass is 9.41. The van der Waals surface area contributed by atoms with Crippen LogP contribution in [0, 0.1) is 28.6 Å². The summed E-state index contributed by atoms with van der Waals surface area (Å²) >= 11 is 0. The summed E-state index contributed by atoms with van der Waals surface area (Å²) in [6.07, 6.45) is 7.78. The summed E-state index contributed by atoms with van der Waals surface area (Å²) in [5, 5.41) is 13.4. The molecule has 2 heterocycles. The second kappa shape index (κ2) is 9.87. The molecule has 7 rings (SSSR count).